The molecule has 0 atom stereocenters. The van der Waals surface area contributed by atoms with E-state index >= 15 is 0 Å². The molecule has 1 aliphatic carbocycles. The number of fused-ring (bicyclic) bond motifs is 2. The van der Waals surface area contributed by atoms with Crippen molar-refractivity contribution < 1.29 is 23.5 Å². The van der Waals surface area contributed by atoms with Crippen LogP contribution in [0, 0.1) is 35.4 Å². The molecule has 2 amide bonds. The third-order valence-corrected chi connectivity index (χ3v) is 8.08. The topological polar surface area (TPSA) is 160 Å². The quantitative estimate of drug-likeness (QED) is 0.299. The second-order valence-electron chi connectivity index (χ2n) is 12.2. The van der Waals surface area contributed by atoms with E-state index in [4.69, 9.17) is 14.7 Å². The summed E-state index contributed by atoms with van der Waals surface area (Å²) in [7, 11) is 0. The van der Waals surface area contributed by atoms with Crippen LogP contribution < -0.4 is 20.1 Å². The Bertz CT molecular complexity index is 1980. The number of ether oxygens (including phenoxy) is 2. The molecular weight excluding hydrogens is 615 g/mol. The molecule has 3 aliphatic rings. The van der Waals surface area contributed by atoms with Crippen LogP contribution in [0.25, 0.3) is 22.3 Å². The van der Waals surface area contributed by atoms with Gasteiger partial charge in [0.2, 0.25) is 11.8 Å². The van der Waals surface area contributed by atoms with Crippen molar-refractivity contribution in [2.45, 2.75) is 71.6 Å². The minimum Gasteiger partial charge on any atom is -0.477 e. The zero-order valence-corrected chi connectivity index (χ0v) is 27.0. The summed E-state index contributed by atoms with van der Waals surface area (Å²) < 4.78 is 29.3. The molecule has 0 radical (unpaired) electrons. The molecule has 0 bridgehead atoms. The molecule has 0 saturated heterocycles. The highest BCUT2D eigenvalue weighted by Crippen LogP contribution is 2.39. The summed E-state index contributed by atoms with van der Waals surface area (Å²) in [5.41, 5.74) is 4.33. The molecule has 7 rings (SSSR count). The summed E-state index contributed by atoms with van der Waals surface area (Å²) in [6.45, 7) is 8.08. The maximum atomic E-state index is 14.5. The molecule has 4 heterocycles. The summed E-state index contributed by atoms with van der Waals surface area (Å²) in [5.74, 6) is -0.120. The molecule has 2 aromatic heterocycles. The van der Waals surface area contributed by atoms with E-state index < -0.39 is 5.82 Å². The van der Waals surface area contributed by atoms with Crippen LogP contribution in [0.3, 0.4) is 0 Å². The molecule has 4 aromatic rings. The molecule has 2 N–H and O–H groups in total. The molecule has 246 valence electrons. The maximum absolute atomic E-state index is 14.5. The number of benzene rings is 2. The first-order chi connectivity index (χ1) is 23.2. The highest BCUT2D eigenvalue weighted by Gasteiger charge is 2.32. The molecule has 2 aliphatic heterocycles. The van der Waals surface area contributed by atoms with E-state index in [-0.39, 0.29) is 40.7 Å². The van der Waals surface area contributed by atoms with E-state index in [9.17, 15) is 19.2 Å². The standard InChI is InChI=1S/C18H18N4O2.C17H17FN4O2/c1-11-3-4-12(10-19)9-14(11)15-16(17(23)20-13-5-6-13)21-22-7-2-8-24-18(15)22;1-10(2)20-16(23)15-14(17-22(21-15)6-3-7-24-17)12-5-4-11(9-19)8-13(12)18/h3-4,9,13H,2,5-8H2,1H3,(H,20,23);4-5,8,10H,3,6-7H2,1-2H3,(H,20,23). The van der Waals surface area contributed by atoms with Gasteiger partial charge in [-0.1, -0.05) is 6.07 Å². The maximum Gasteiger partial charge on any atom is 0.272 e. The summed E-state index contributed by atoms with van der Waals surface area (Å²) in [5, 5.41) is 32.7. The lowest BCUT2D eigenvalue weighted by atomic mass is 9.98. The Balaban J connectivity index is 0.000000167. The van der Waals surface area contributed by atoms with Gasteiger partial charge in [-0.25, -0.2) is 13.8 Å². The van der Waals surface area contributed by atoms with E-state index in [0.717, 1.165) is 49.4 Å². The molecule has 48 heavy (non-hydrogen) atoms. The van der Waals surface area contributed by atoms with Crippen LogP contribution in [0.5, 0.6) is 11.8 Å². The molecule has 1 fully saturated rings. The summed E-state index contributed by atoms with van der Waals surface area (Å²) in [6, 6.07) is 13.9. The summed E-state index contributed by atoms with van der Waals surface area (Å²) in [6.07, 6.45) is 3.69. The number of amides is 2. The highest BCUT2D eigenvalue weighted by molar-refractivity contribution is 6.02. The van der Waals surface area contributed by atoms with Gasteiger partial charge in [0.15, 0.2) is 11.4 Å². The first kappa shape index (κ1) is 32.3. The van der Waals surface area contributed by atoms with E-state index in [1.807, 2.05) is 32.9 Å². The van der Waals surface area contributed by atoms with Crippen molar-refractivity contribution in [2.24, 2.45) is 0 Å². The van der Waals surface area contributed by atoms with Gasteiger partial charge in [-0.15, -0.1) is 0 Å². The van der Waals surface area contributed by atoms with Gasteiger partial charge >= 0.3 is 0 Å². The van der Waals surface area contributed by atoms with Crippen molar-refractivity contribution in [3.05, 3.63) is 70.3 Å². The molecule has 0 unspecified atom stereocenters. The molecule has 12 nitrogen and oxygen atoms in total. The lowest BCUT2D eigenvalue weighted by Gasteiger charge is -2.16. The Morgan fingerprint density at radius 2 is 1.44 bits per heavy atom. The van der Waals surface area contributed by atoms with Crippen molar-refractivity contribution in [1.82, 2.24) is 30.2 Å². The van der Waals surface area contributed by atoms with E-state index in [1.165, 1.54) is 12.1 Å². The Hall–Kier alpha value is -5.69. The largest absolute Gasteiger partial charge is 0.477 e. The fourth-order valence-corrected chi connectivity index (χ4v) is 5.62. The van der Waals surface area contributed by atoms with Crippen LogP contribution in [-0.2, 0) is 13.1 Å². The number of carbonyl (C=O) groups excluding carboxylic acids is 2. The van der Waals surface area contributed by atoms with Gasteiger partial charge in [0.25, 0.3) is 11.8 Å². The number of hydrogen-bond donors (Lipinski definition) is 2. The third-order valence-electron chi connectivity index (χ3n) is 8.08. The number of aryl methyl sites for hydroxylation is 3. The fourth-order valence-electron chi connectivity index (χ4n) is 5.62. The first-order valence-electron chi connectivity index (χ1n) is 16.0. The normalized spacial score (nSPS) is 14.6. The molecule has 1 saturated carbocycles. The number of aromatic nitrogens is 4. The van der Waals surface area contributed by atoms with Gasteiger partial charge in [-0.3, -0.25) is 9.59 Å². The van der Waals surface area contributed by atoms with Crippen molar-refractivity contribution in [1.29, 1.82) is 10.5 Å². The summed E-state index contributed by atoms with van der Waals surface area (Å²) in [4.78, 5) is 25.1. The van der Waals surface area contributed by atoms with Crippen LogP contribution in [-0.4, -0.2) is 56.7 Å². The average Bonchev–Trinajstić information content (AvgIpc) is 3.68. The smallest absolute Gasteiger partial charge is 0.272 e. The van der Waals surface area contributed by atoms with E-state index in [1.54, 1.807) is 21.5 Å². The van der Waals surface area contributed by atoms with Crippen molar-refractivity contribution in [3.63, 3.8) is 0 Å². The number of hydrogen-bond acceptors (Lipinski definition) is 8. The lowest BCUT2D eigenvalue weighted by molar-refractivity contribution is 0.0932. The van der Waals surface area contributed by atoms with Gasteiger partial charge in [-0.2, -0.15) is 20.7 Å². The van der Waals surface area contributed by atoms with E-state index in [2.05, 4.69) is 26.9 Å². The number of nitrogens with zero attached hydrogens (tertiary/aromatic N) is 6. The van der Waals surface area contributed by atoms with Crippen molar-refractivity contribution >= 4 is 11.8 Å². The third kappa shape index (κ3) is 6.58. The Morgan fingerprint density at radius 1 is 0.875 bits per heavy atom. The predicted octanol–water partition coefficient (Wildman–Crippen LogP) is 4.89. The zero-order chi connectivity index (χ0) is 33.9. The van der Waals surface area contributed by atoms with Gasteiger partial charge < -0.3 is 20.1 Å². The van der Waals surface area contributed by atoms with E-state index in [0.29, 0.717) is 53.9 Å². The molecule has 13 heteroatoms. The average molecular weight is 651 g/mol. The SMILES string of the molecule is CC(C)NC(=O)c1nn2c(c1-c1ccc(C#N)cc1F)OCCC2.Cc1ccc(C#N)cc1-c1c(C(=O)NC2CC2)nn2c1OCCC2. The number of nitrogens with one attached hydrogen (secondary N) is 2. The van der Waals surface area contributed by atoms with Crippen LogP contribution in [0.4, 0.5) is 4.39 Å². The number of halogens is 1. The van der Waals surface area contributed by atoms with Crippen molar-refractivity contribution in [3.8, 4) is 46.2 Å². The molecular formula is C35H35FN8O4. The molecule has 2 aromatic carbocycles. The summed E-state index contributed by atoms with van der Waals surface area (Å²) >= 11 is 0. The Labute approximate surface area is 277 Å². The predicted molar refractivity (Wildman–Crippen MR) is 173 cm³/mol. The number of rotatable bonds is 6. The number of carbonyl (C=O) groups is 2. The minimum absolute atomic E-state index is 0.0733. The lowest BCUT2D eigenvalue weighted by Crippen LogP contribution is -2.31. The second kappa shape index (κ2) is 13.6. The molecule has 0 spiro atoms. The van der Waals surface area contributed by atoms with Crippen LogP contribution in [0.15, 0.2) is 36.4 Å². The van der Waals surface area contributed by atoms with Gasteiger partial charge in [0, 0.05) is 43.6 Å². The second-order valence-corrected chi connectivity index (χ2v) is 12.2. The van der Waals surface area contributed by atoms with Crippen LogP contribution in [0.2, 0.25) is 0 Å². The monoisotopic (exact) mass is 650 g/mol. The Kier molecular flexibility index (Phi) is 9.13. The van der Waals surface area contributed by atoms with Gasteiger partial charge in [0.1, 0.15) is 5.82 Å². The zero-order valence-electron chi connectivity index (χ0n) is 27.0. The fraction of sp³-hybridized carbons (Fsp3) is 0.371. The van der Waals surface area contributed by atoms with Gasteiger partial charge in [0.05, 0.1) is 47.6 Å². The minimum atomic E-state index is -0.586. The highest BCUT2D eigenvalue weighted by atomic mass is 19.1. The van der Waals surface area contributed by atoms with Crippen molar-refractivity contribution in [2.75, 3.05) is 13.2 Å². The number of nitriles is 2. The first-order valence-corrected chi connectivity index (χ1v) is 16.0. The Morgan fingerprint density at radius 3 is 2.00 bits per heavy atom. The van der Waals surface area contributed by atoms with Gasteiger partial charge in [-0.05, 0) is 75.1 Å². The van der Waals surface area contributed by atoms with Crippen LogP contribution in [0.1, 0.15) is 77.2 Å². The van der Waals surface area contributed by atoms with Crippen LogP contribution >= 0.6 is 0 Å².